The van der Waals surface area contributed by atoms with Gasteiger partial charge >= 0.3 is 0 Å². The maximum atomic E-state index is 12.3. The van der Waals surface area contributed by atoms with Gasteiger partial charge in [0.15, 0.2) is 5.96 Å². The largest absolute Gasteiger partial charge is 0.357 e. The molecule has 0 saturated carbocycles. The number of anilines is 1. The summed E-state index contributed by atoms with van der Waals surface area (Å²) in [6.45, 7) is 6.79. The molecule has 1 aliphatic rings. The molecule has 1 aliphatic heterocycles. The summed E-state index contributed by atoms with van der Waals surface area (Å²) in [5.74, 6) is 1.80. The Bertz CT molecular complexity index is 888. The molecule has 0 atom stereocenters. The second-order valence-corrected chi connectivity index (χ2v) is 8.38. The fourth-order valence-electron chi connectivity index (χ4n) is 3.14. The summed E-state index contributed by atoms with van der Waals surface area (Å²) < 4.78 is 27.2. The molecule has 0 radical (unpaired) electrons. The normalized spacial score (nSPS) is 14.9. The topological polar surface area (TPSA) is 89.9 Å². The number of aromatic nitrogens is 1. The number of rotatable bonds is 7. The molecule has 1 aromatic carbocycles. The molecule has 1 fully saturated rings. The van der Waals surface area contributed by atoms with Crippen molar-refractivity contribution in [1.82, 2.24) is 19.9 Å². The Morgan fingerprint density at radius 3 is 2.40 bits per heavy atom. The van der Waals surface area contributed by atoms with Crippen LogP contribution in [0.15, 0.2) is 64.6 Å². The van der Waals surface area contributed by atoms with Crippen LogP contribution in [0.3, 0.4) is 0 Å². The number of aliphatic imine (C=N–C) groups is 1. The van der Waals surface area contributed by atoms with E-state index in [4.69, 9.17) is 0 Å². The Labute approximate surface area is 195 Å². The van der Waals surface area contributed by atoms with Gasteiger partial charge in [0, 0.05) is 45.5 Å². The van der Waals surface area contributed by atoms with Crippen molar-refractivity contribution in [2.45, 2.75) is 11.8 Å². The van der Waals surface area contributed by atoms with E-state index in [-0.39, 0.29) is 35.4 Å². The van der Waals surface area contributed by atoms with Gasteiger partial charge in [0.05, 0.1) is 11.4 Å². The number of guanidine groups is 1. The van der Waals surface area contributed by atoms with Crippen LogP contribution in [0.4, 0.5) is 5.82 Å². The second kappa shape index (κ2) is 12.1. The molecule has 0 spiro atoms. The summed E-state index contributed by atoms with van der Waals surface area (Å²) in [4.78, 5) is 13.7. The monoisotopic (exact) mass is 544 g/mol. The number of hydrogen-bond acceptors (Lipinski definition) is 5. The molecule has 0 unspecified atom stereocenters. The van der Waals surface area contributed by atoms with Gasteiger partial charge in [-0.15, -0.1) is 24.0 Å². The lowest BCUT2D eigenvalue weighted by molar-refractivity contribution is 0.371. The van der Waals surface area contributed by atoms with E-state index >= 15 is 0 Å². The van der Waals surface area contributed by atoms with Gasteiger partial charge in [0.25, 0.3) is 0 Å². The molecule has 3 rings (SSSR count). The molecule has 0 amide bonds. The van der Waals surface area contributed by atoms with Crippen molar-refractivity contribution in [3.8, 4) is 0 Å². The molecule has 0 bridgehead atoms. The summed E-state index contributed by atoms with van der Waals surface area (Å²) in [6.07, 6.45) is 1.81. The average Bonchev–Trinajstić information content (AvgIpc) is 2.77. The number of halogens is 1. The highest BCUT2D eigenvalue weighted by molar-refractivity contribution is 14.0. The molecular weight excluding hydrogens is 515 g/mol. The fraction of sp³-hybridized carbons (Fsp3) is 0.400. The SMILES string of the molecule is CCNC(=NCCNS(=O)(=O)c1ccccc1)N1CCN(c2ccccn2)CC1.I. The minimum Gasteiger partial charge on any atom is -0.357 e. The molecular formula is C20H29IN6O2S. The van der Waals surface area contributed by atoms with Crippen molar-refractivity contribution in [2.24, 2.45) is 4.99 Å². The highest BCUT2D eigenvalue weighted by atomic mass is 127. The number of sulfonamides is 1. The maximum absolute atomic E-state index is 12.3. The Hall–Kier alpha value is -1.92. The average molecular weight is 544 g/mol. The van der Waals surface area contributed by atoms with Crippen LogP contribution < -0.4 is 14.9 Å². The lowest BCUT2D eigenvalue weighted by atomic mass is 10.3. The fourth-order valence-corrected chi connectivity index (χ4v) is 4.18. The quantitative estimate of drug-likeness (QED) is 0.239. The van der Waals surface area contributed by atoms with Crippen LogP contribution in [0.2, 0.25) is 0 Å². The first-order chi connectivity index (χ1) is 14.1. The van der Waals surface area contributed by atoms with Gasteiger partial charge in [-0.05, 0) is 31.2 Å². The third kappa shape index (κ3) is 6.81. The van der Waals surface area contributed by atoms with Crippen LogP contribution in [0.1, 0.15) is 6.92 Å². The minimum absolute atomic E-state index is 0. The zero-order chi connectivity index (χ0) is 20.5. The van der Waals surface area contributed by atoms with E-state index in [1.165, 1.54) is 0 Å². The van der Waals surface area contributed by atoms with E-state index in [2.05, 4.69) is 29.8 Å². The van der Waals surface area contributed by atoms with Crippen molar-refractivity contribution in [2.75, 3.05) is 50.7 Å². The van der Waals surface area contributed by atoms with Gasteiger partial charge in [-0.25, -0.2) is 18.1 Å². The maximum Gasteiger partial charge on any atom is 0.240 e. The van der Waals surface area contributed by atoms with Crippen LogP contribution in [-0.4, -0.2) is 70.1 Å². The number of nitrogens with zero attached hydrogens (tertiary/aromatic N) is 4. The van der Waals surface area contributed by atoms with Gasteiger partial charge in [-0.3, -0.25) is 4.99 Å². The van der Waals surface area contributed by atoms with E-state index in [9.17, 15) is 8.42 Å². The van der Waals surface area contributed by atoms with E-state index in [1.54, 1.807) is 30.3 Å². The van der Waals surface area contributed by atoms with Crippen molar-refractivity contribution >= 4 is 45.8 Å². The molecule has 1 saturated heterocycles. The Balaban J connectivity index is 0.00000320. The highest BCUT2D eigenvalue weighted by Crippen LogP contribution is 2.12. The summed E-state index contributed by atoms with van der Waals surface area (Å²) in [5, 5.41) is 3.30. The molecule has 8 nitrogen and oxygen atoms in total. The van der Waals surface area contributed by atoms with Crippen molar-refractivity contribution in [3.63, 3.8) is 0 Å². The Morgan fingerprint density at radius 1 is 1.07 bits per heavy atom. The lowest BCUT2D eigenvalue weighted by Crippen LogP contribution is -2.52. The van der Waals surface area contributed by atoms with Crippen molar-refractivity contribution in [3.05, 3.63) is 54.7 Å². The molecule has 30 heavy (non-hydrogen) atoms. The van der Waals surface area contributed by atoms with Gasteiger partial charge in [0.2, 0.25) is 10.0 Å². The number of nitrogens with one attached hydrogen (secondary N) is 2. The molecule has 0 aliphatic carbocycles. The first-order valence-corrected chi connectivity index (χ1v) is 11.3. The third-order valence-corrected chi connectivity index (χ3v) is 6.08. The van der Waals surface area contributed by atoms with Gasteiger partial charge in [-0.2, -0.15) is 0 Å². The summed E-state index contributed by atoms with van der Waals surface area (Å²) in [5.41, 5.74) is 0. The predicted octanol–water partition coefficient (Wildman–Crippen LogP) is 1.77. The minimum atomic E-state index is -3.50. The van der Waals surface area contributed by atoms with Crippen LogP contribution in [0, 0.1) is 0 Å². The van der Waals surface area contributed by atoms with Gasteiger partial charge < -0.3 is 15.1 Å². The molecule has 2 aromatic rings. The first kappa shape index (κ1) is 24.4. The Morgan fingerprint density at radius 2 is 1.77 bits per heavy atom. The van der Waals surface area contributed by atoms with E-state index in [1.807, 2.05) is 31.3 Å². The molecule has 1 aromatic heterocycles. The van der Waals surface area contributed by atoms with Crippen LogP contribution in [0.5, 0.6) is 0 Å². The van der Waals surface area contributed by atoms with Gasteiger partial charge in [0.1, 0.15) is 5.82 Å². The molecule has 164 valence electrons. The van der Waals surface area contributed by atoms with E-state index in [0.717, 1.165) is 44.5 Å². The molecule has 10 heteroatoms. The second-order valence-electron chi connectivity index (χ2n) is 6.61. The third-order valence-electron chi connectivity index (χ3n) is 4.61. The zero-order valence-electron chi connectivity index (χ0n) is 17.1. The standard InChI is InChI=1S/C20H28N6O2S.HI/c1-2-21-20(23-12-13-24-29(27,28)18-8-4-3-5-9-18)26-16-14-25(15-17-26)19-10-6-7-11-22-19;/h3-11,24H,2,12-17H2,1H3,(H,21,23);1H. The van der Waals surface area contributed by atoms with Crippen molar-refractivity contribution in [1.29, 1.82) is 0 Å². The summed E-state index contributed by atoms with van der Waals surface area (Å²) in [7, 11) is -3.50. The lowest BCUT2D eigenvalue weighted by Gasteiger charge is -2.37. The number of hydrogen-bond donors (Lipinski definition) is 2. The van der Waals surface area contributed by atoms with Crippen LogP contribution in [-0.2, 0) is 10.0 Å². The van der Waals surface area contributed by atoms with Crippen LogP contribution in [0.25, 0.3) is 0 Å². The highest BCUT2D eigenvalue weighted by Gasteiger charge is 2.20. The first-order valence-electron chi connectivity index (χ1n) is 9.84. The Kier molecular flexibility index (Phi) is 9.79. The number of pyridine rings is 1. The number of piperazine rings is 1. The molecule has 2 N–H and O–H groups in total. The van der Waals surface area contributed by atoms with Crippen LogP contribution >= 0.6 is 24.0 Å². The number of benzene rings is 1. The summed E-state index contributed by atoms with van der Waals surface area (Å²) >= 11 is 0. The van der Waals surface area contributed by atoms with E-state index in [0.29, 0.717) is 6.54 Å². The van der Waals surface area contributed by atoms with Gasteiger partial charge in [-0.1, -0.05) is 24.3 Å². The smallest absolute Gasteiger partial charge is 0.240 e. The predicted molar refractivity (Wildman–Crippen MR) is 131 cm³/mol. The molecule has 2 heterocycles. The van der Waals surface area contributed by atoms with E-state index < -0.39 is 10.0 Å². The van der Waals surface area contributed by atoms with Crippen molar-refractivity contribution < 1.29 is 8.42 Å². The summed E-state index contributed by atoms with van der Waals surface area (Å²) in [6, 6.07) is 14.3. The zero-order valence-corrected chi connectivity index (χ0v) is 20.2.